The summed E-state index contributed by atoms with van der Waals surface area (Å²) < 4.78 is 0. The van der Waals surface area contributed by atoms with Crippen molar-refractivity contribution in [2.45, 2.75) is 47.5 Å². The Morgan fingerprint density at radius 2 is 1.61 bits per heavy atom. The molecule has 0 bridgehead atoms. The van der Waals surface area contributed by atoms with Gasteiger partial charge in [-0.25, -0.2) is 0 Å². The normalized spacial score (nSPS) is 10.7. The Bertz CT molecular complexity index is 401. The van der Waals surface area contributed by atoms with Gasteiger partial charge in [0.15, 0.2) is 5.52 Å². The molecule has 0 N–H and O–H groups in total. The van der Waals surface area contributed by atoms with Crippen LogP contribution in [0.5, 0.6) is 0 Å². The number of aryl methyl sites for hydroxylation is 2. The minimum absolute atomic E-state index is 0. The maximum absolute atomic E-state index is 12.3. The summed E-state index contributed by atoms with van der Waals surface area (Å²) in [6, 6.07) is 2.18. The minimum atomic E-state index is 0. The SMILES string of the molecule is CCCCPC(=O)c1c(C)c(C)cc(C)c1C.[LiH]. The summed E-state index contributed by atoms with van der Waals surface area (Å²) >= 11 is 0. The third-order valence-electron chi connectivity index (χ3n) is 3.41. The summed E-state index contributed by atoms with van der Waals surface area (Å²) in [6.45, 7) is 10.5. The topological polar surface area (TPSA) is 17.1 Å². The summed E-state index contributed by atoms with van der Waals surface area (Å²) in [7, 11) is 0.437. The van der Waals surface area contributed by atoms with Gasteiger partial charge in [0.2, 0.25) is 0 Å². The summed E-state index contributed by atoms with van der Waals surface area (Å²) in [5, 5.41) is 0. The average molecular weight is 258 g/mol. The van der Waals surface area contributed by atoms with Crippen LogP contribution in [0.2, 0.25) is 0 Å². The Kier molecular flexibility index (Phi) is 8.12. The maximum atomic E-state index is 12.3. The van der Waals surface area contributed by atoms with Crippen molar-refractivity contribution in [2.75, 3.05) is 6.16 Å². The molecule has 0 saturated heterocycles. The van der Waals surface area contributed by atoms with Crippen LogP contribution >= 0.6 is 8.58 Å². The molecule has 1 aromatic rings. The van der Waals surface area contributed by atoms with Gasteiger partial charge in [-0.1, -0.05) is 19.4 Å². The Balaban J connectivity index is 0.00000289. The van der Waals surface area contributed by atoms with Gasteiger partial charge < -0.3 is 0 Å². The number of unbranched alkanes of at least 4 members (excludes halogenated alkanes) is 1. The fourth-order valence-electron chi connectivity index (χ4n) is 2.02. The first-order valence-electron chi connectivity index (χ1n) is 6.34. The fraction of sp³-hybridized carbons (Fsp3) is 0.533. The summed E-state index contributed by atoms with van der Waals surface area (Å²) in [5.74, 6) is 0. The van der Waals surface area contributed by atoms with Crippen LogP contribution in [0.4, 0.5) is 0 Å². The van der Waals surface area contributed by atoms with E-state index in [1.807, 2.05) is 0 Å². The van der Waals surface area contributed by atoms with E-state index in [-0.39, 0.29) is 18.9 Å². The van der Waals surface area contributed by atoms with E-state index in [2.05, 4.69) is 40.7 Å². The molecule has 1 rings (SSSR count). The van der Waals surface area contributed by atoms with Crippen molar-refractivity contribution in [1.82, 2.24) is 0 Å². The van der Waals surface area contributed by atoms with Gasteiger partial charge in [-0.2, -0.15) is 0 Å². The molecular formula is C15H24LiOP. The van der Waals surface area contributed by atoms with Gasteiger partial charge in [0.25, 0.3) is 0 Å². The van der Waals surface area contributed by atoms with Gasteiger partial charge in [0, 0.05) is 5.56 Å². The molecule has 1 aromatic carbocycles. The summed E-state index contributed by atoms with van der Waals surface area (Å²) in [6.07, 6.45) is 3.37. The van der Waals surface area contributed by atoms with Crippen LogP contribution in [0.3, 0.4) is 0 Å². The first kappa shape index (κ1) is 17.9. The zero-order valence-corrected chi connectivity index (χ0v) is 12.6. The van der Waals surface area contributed by atoms with Crippen molar-refractivity contribution in [3.63, 3.8) is 0 Å². The monoisotopic (exact) mass is 258 g/mol. The van der Waals surface area contributed by atoms with E-state index in [0.717, 1.165) is 18.1 Å². The fourth-order valence-corrected chi connectivity index (χ4v) is 3.33. The van der Waals surface area contributed by atoms with Crippen LogP contribution in [-0.4, -0.2) is 30.5 Å². The van der Waals surface area contributed by atoms with Crippen molar-refractivity contribution in [3.8, 4) is 0 Å². The van der Waals surface area contributed by atoms with Gasteiger partial charge in [-0.3, -0.25) is 4.79 Å². The molecular weight excluding hydrogens is 234 g/mol. The molecule has 0 aliphatic rings. The molecule has 0 spiro atoms. The first-order valence-corrected chi connectivity index (χ1v) is 7.55. The molecule has 18 heavy (non-hydrogen) atoms. The zero-order valence-electron chi connectivity index (χ0n) is 11.6. The van der Waals surface area contributed by atoms with Crippen LogP contribution in [0, 0.1) is 27.7 Å². The van der Waals surface area contributed by atoms with Gasteiger partial charge >= 0.3 is 18.9 Å². The molecule has 0 aliphatic carbocycles. The van der Waals surface area contributed by atoms with Crippen LogP contribution in [0.15, 0.2) is 6.07 Å². The molecule has 0 amide bonds. The number of hydrogen-bond acceptors (Lipinski definition) is 1. The number of rotatable bonds is 5. The molecule has 0 heterocycles. The van der Waals surface area contributed by atoms with Gasteiger partial charge in [-0.05, 0) is 71.1 Å². The molecule has 1 nitrogen and oxygen atoms in total. The second kappa shape index (κ2) is 8.16. The first-order chi connectivity index (χ1) is 7.99. The van der Waals surface area contributed by atoms with E-state index in [4.69, 9.17) is 0 Å². The number of carbonyl (C=O) groups excluding carboxylic acids is 1. The number of benzene rings is 1. The molecule has 3 heteroatoms. The quantitative estimate of drug-likeness (QED) is 0.445. The molecule has 96 valence electrons. The molecule has 0 radical (unpaired) electrons. The predicted octanol–water partition coefficient (Wildman–Crippen LogP) is 3.89. The van der Waals surface area contributed by atoms with Crippen molar-refractivity contribution in [3.05, 3.63) is 33.9 Å². The van der Waals surface area contributed by atoms with Gasteiger partial charge in [0.1, 0.15) is 0 Å². The Morgan fingerprint density at radius 3 is 2.06 bits per heavy atom. The Morgan fingerprint density at radius 1 is 1.11 bits per heavy atom. The molecule has 0 fully saturated rings. The third-order valence-corrected chi connectivity index (χ3v) is 4.58. The van der Waals surface area contributed by atoms with E-state index in [1.165, 1.54) is 28.7 Å². The molecule has 1 atom stereocenters. The van der Waals surface area contributed by atoms with Crippen LogP contribution in [0.25, 0.3) is 0 Å². The third kappa shape index (κ3) is 4.24. The number of hydrogen-bond donors (Lipinski definition) is 0. The molecule has 0 aliphatic heterocycles. The van der Waals surface area contributed by atoms with E-state index in [0.29, 0.717) is 14.1 Å². The average Bonchev–Trinajstić information content (AvgIpc) is 2.27. The van der Waals surface area contributed by atoms with Crippen molar-refractivity contribution >= 4 is 33.0 Å². The Hall–Kier alpha value is -0.0826. The van der Waals surface area contributed by atoms with Crippen molar-refractivity contribution in [2.24, 2.45) is 0 Å². The van der Waals surface area contributed by atoms with E-state index >= 15 is 0 Å². The second-order valence-corrected chi connectivity index (χ2v) is 6.05. The zero-order chi connectivity index (χ0) is 13.0. The number of carbonyl (C=O) groups is 1. The standard InChI is InChI=1S/C15H23OP.Li.H/c1-6-7-8-17-15(16)14-12(4)10(2)9-11(3)13(14)5;;/h9,17H,6-8H2,1-5H3;;. The van der Waals surface area contributed by atoms with E-state index in [1.54, 1.807) is 0 Å². The van der Waals surface area contributed by atoms with Gasteiger partial charge in [0.05, 0.1) is 0 Å². The van der Waals surface area contributed by atoms with E-state index < -0.39 is 0 Å². The van der Waals surface area contributed by atoms with Crippen LogP contribution in [-0.2, 0) is 0 Å². The molecule has 0 saturated carbocycles. The summed E-state index contributed by atoms with van der Waals surface area (Å²) in [5.41, 5.74) is 6.13. The van der Waals surface area contributed by atoms with E-state index in [9.17, 15) is 4.79 Å². The van der Waals surface area contributed by atoms with Gasteiger partial charge in [-0.15, -0.1) is 0 Å². The summed E-state index contributed by atoms with van der Waals surface area (Å²) in [4.78, 5) is 12.3. The Labute approximate surface area is 125 Å². The molecule has 0 aromatic heterocycles. The molecule has 1 unspecified atom stereocenters. The van der Waals surface area contributed by atoms with Crippen molar-refractivity contribution in [1.29, 1.82) is 0 Å². The van der Waals surface area contributed by atoms with Crippen LogP contribution in [0.1, 0.15) is 52.4 Å². The van der Waals surface area contributed by atoms with Crippen molar-refractivity contribution < 1.29 is 4.79 Å². The second-order valence-electron chi connectivity index (χ2n) is 4.74. The van der Waals surface area contributed by atoms with Crippen LogP contribution < -0.4 is 0 Å². The predicted molar refractivity (Wildman–Crippen MR) is 85.0 cm³/mol.